The highest BCUT2D eigenvalue weighted by Crippen LogP contribution is 2.47. The lowest BCUT2D eigenvalue weighted by molar-refractivity contribution is -0.220. The van der Waals surface area contributed by atoms with Gasteiger partial charge in [-0.05, 0) is 32.1 Å². The highest BCUT2D eigenvalue weighted by atomic mass is 31.2. The summed E-state index contributed by atoms with van der Waals surface area (Å²) in [6.45, 7) is 0.926. The summed E-state index contributed by atoms with van der Waals surface area (Å²) in [5.41, 5.74) is 0. The van der Waals surface area contributed by atoms with Gasteiger partial charge in [-0.2, -0.15) is 0 Å². The van der Waals surface area contributed by atoms with Crippen molar-refractivity contribution in [2.24, 2.45) is 0 Å². The van der Waals surface area contributed by atoms with Crippen LogP contribution in [0.25, 0.3) is 0 Å². The quantitative estimate of drug-likeness (QED) is 0.0517. The van der Waals surface area contributed by atoms with E-state index < -0.39 is 69.7 Å². The van der Waals surface area contributed by atoms with Gasteiger partial charge in [-0.15, -0.1) is 0 Å². The first-order chi connectivity index (χ1) is 17.5. The van der Waals surface area contributed by atoms with Crippen LogP contribution in [0.5, 0.6) is 0 Å². The Balaban J connectivity index is 2.16. The van der Waals surface area contributed by atoms with Crippen molar-refractivity contribution in [1.29, 1.82) is 0 Å². The molecule has 0 aromatic heterocycles. The van der Waals surface area contributed by atoms with Crippen LogP contribution in [0, 0.1) is 0 Å². The van der Waals surface area contributed by atoms with Gasteiger partial charge in [-0.1, -0.05) is 51.2 Å². The number of hydrogen-bond donors (Lipinski definition) is 7. The Morgan fingerprint density at radius 3 is 1.92 bits per heavy atom. The van der Waals surface area contributed by atoms with E-state index in [0.717, 1.165) is 38.5 Å². The monoisotopic (exact) mass is 556 g/mol. The van der Waals surface area contributed by atoms with Crippen molar-refractivity contribution in [2.75, 3.05) is 13.2 Å². The average molecular weight is 557 g/mol. The Kier molecular flexibility index (Phi) is 16.9. The first-order valence-electron chi connectivity index (χ1n) is 13.0. The lowest BCUT2D eigenvalue weighted by Gasteiger charge is -2.41. The predicted molar refractivity (Wildman–Crippen MR) is 133 cm³/mol. The van der Waals surface area contributed by atoms with Crippen LogP contribution in [0.3, 0.4) is 0 Å². The van der Waals surface area contributed by atoms with E-state index >= 15 is 0 Å². The Hall–Kier alpha value is -0.920. The van der Waals surface area contributed by atoms with Gasteiger partial charge >= 0.3 is 13.8 Å². The van der Waals surface area contributed by atoms with Crippen LogP contribution < -0.4 is 0 Å². The fourth-order valence-electron chi connectivity index (χ4n) is 3.81. The van der Waals surface area contributed by atoms with Gasteiger partial charge in [0.25, 0.3) is 0 Å². The van der Waals surface area contributed by atoms with Gasteiger partial charge in [0.15, 0.2) is 0 Å². The Morgan fingerprint density at radius 1 is 0.811 bits per heavy atom. The van der Waals surface area contributed by atoms with Crippen molar-refractivity contribution >= 4 is 13.8 Å². The molecule has 1 aliphatic rings. The Labute approximate surface area is 218 Å². The molecule has 37 heavy (non-hydrogen) atoms. The van der Waals surface area contributed by atoms with E-state index in [2.05, 4.69) is 28.1 Å². The molecule has 7 N–H and O–H groups in total. The highest BCUT2D eigenvalue weighted by Gasteiger charge is 2.51. The third-order valence-corrected chi connectivity index (χ3v) is 7.07. The molecule has 1 fully saturated rings. The summed E-state index contributed by atoms with van der Waals surface area (Å²) in [7, 11) is -4.98. The number of phosphoric ester groups is 1. The molecule has 0 amide bonds. The normalized spacial score (nSPS) is 28.8. The van der Waals surface area contributed by atoms with Gasteiger partial charge in [0.2, 0.25) is 0 Å². The second-order valence-corrected chi connectivity index (χ2v) is 10.8. The van der Waals surface area contributed by atoms with Crippen LogP contribution >= 0.6 is 7.82 Å². The third-order valence-electron chi connectivity index (χ3n) is 6.09. The second kappa shape index (κ2) is 18.4. The summed E-state index contributed by atoms with van der Waals surface area (Å²) < 4.78 is 26.2. The largest absolute Gasteiger partial charge is 0.472 e. The number of hydrogen-bond acceptors (Lipinski definition) is 11. The van der Waals surface area contributed by atoms with E-state index in [-0.39, 0.29) is 6.42 Å². The van der Waals surface area contributed by atoms with Gasteiger partial charge in [-0.25, -0.2) is 4.57 Å². The number of aliphatic hydroxyl groups is 6. The lowest BCUT2D eigenvalue weighted by atomic mass is 9.85. The van der Waals surface area contributed by atoms with Crippen LogP contribution in [-0.2, 0) is 23.1 Å². The van der Waals surface area contributed by atoms with Crippen molar-refractivity contribution in [3.05, 3.63) is 12.2 Å². The maximum absolute atomic E-state index is 12.1. The van der Waals surface area contributed by atoms with Gasteiger partial charge in [0.05, 0.1) is 6.61 Å². The molecule has 0 spiro atoms. The number of ether oxygens (including phenoxy) is 1. The SMILES string of the molecule is CCCCC/C=C\CCCCCCCC(=O)OCC(O)COP(=O)(O)OC1C(O)C(O)C(O)C(O)C1O. The fourth-order valence-corrected chi connectivity index (χ4v) is 4.78. The van der Waals surface area contributed by atoms with Crippen LogP contribution in [0.15, 0.2) is 12.2 Å². The zero-order valence-electron chi connectivity index (χ0n) is 21.5. The van der Waals surface area contributed by atoms with E-state index in [4.69, 9.17) is 4.74 Å². The molecule has 1 saturated carbocycles. The van der Waals surface area contributed by atoms with Gasteiger partial charge in [0.1, 0.15) is 49.3 Å². The Morgan fingerprint density at radius 2 is 1.32 bits per heavy atom. The molecule has 0 aromatic rings. The highest BCUT2D eigenvalue weighted by molar-refractivity contribution is 7.47. The molecule has 6 unspecified atom stereocenters. The molecule has 0 aromatic carbocycles. The minimum absolute atomic E-state index is 0.181. The molecule has 0 bridgehead atoms. The number of phosphoric acid groups is 1. The van der Waals surface area contributed by atoms with E-state index in [1.165, 1.54) is 19.3 Å². The molecule has 218 valence electrons. The molecule has 0 heterocycles. The molecule has 0 saturated heterocycles. The van der Waals surface area contributed by atoms with E-state index in [1.54, 1.807) is 0 Å². The fraction of sp³-hybridized carbons (Fsp3) is 0.875. The van der Waals surface area contributed by atoms with E-state index in [9.17, 15) is 44.9 Å². The van der Waals surface area contributed by atoms with Crippen molar-refractivity contribution in [2.45, 2.75) is 120 Å². The minimum atomic E-state index is -4.98. The summed E-state index contributed by atoms with van der Waals surface area (Å²) in [5.74, 6) is -0.521. The molecule has 12 nitrogen and oxygen atoms in total. The lowest BCUT2D eigenvalue weighted by Crippen LogP contribution is -2.64. The van der Waals surface area contributed by atoms with Crippen LogP contribution in [0.4, 0.5) is 0 Å². The maximum Gasteiger partial charge on any atom is 0.472 e. The molecule has 0 aliphatic heterocycles. The first kappa shape index (κ1) is 34.1. The molecule has 13 heteroatoms. The van der Waals surface area contributed by atoms with Crippen molar-refractivity contribution in [3.8, 4) is 0 Å². The summed E-state index contributed by atoms with van der Waals surface area (Å²) >= 11 is 0. The van der Waals surface area contributed by atoms with Crippen LogP contribution in [0.2, 0.25) is 0 Å². The standard InChI is InChI=1S/C24H45O12P/c1-2-3-4-5-6-7-8-9-10-11-12-13-14-18(26)34-15-17(25)16-35-37(32,33)36-24-22(30)20(28)19(27)21(29)23(24)31/h6-7,17,19-25,27-31H,2-5,8-16H2,1H3,(H,32,33)/b7-6-. The number of esters is 1. The smallest absolute Gasteiger partial charge is 0.463 e. The second-order valence-electron chi connectivity index (χ2n) is 9.40. The summed E-state index contributed by atoms with van der Waals surface area (Å²) in [6.07, 6.45) is 2.13. The third kappa shape index (κ3) is 13.6. The van der Waals surface area contributed by atoms with Gasteiger partial charge < -0.3 is 40.3 Å². The van der Waals surface area contributed by atoms with Crippen LogP contribution in [0.1, 0.15) is 77.6 Å². The van der Waals surface area contributed by atoms with Gasteiger partial charge in [-0.3, -0.25) is 13.8 Å². The summed E-state index contributed by atoms with van der Waals surface area (Å²) in [4.78, 5) is 21.6. The number of rotatable bonds is 19. The number of carbonyl (C=O) groups is 1. The molecule has 6 atom stereocenters. The zero-order chi connectivity index (χ0) is 27.8. The van der Waals surface area contributed by atoms with E-state index in [0.29, 0.717) is 6.42 Å². The predicted octanol–water partition coefficient (Wildman–Crippen LogP) is 1.08. The maximum atomic E-state index is 12.1. The molecular weight excluding hydrogens is 511 g/mol. The minimum Gasteiger partial charge on any atom is -0.463 e. The Bertz CT molecular complexity index is 689. The van der Waals surface area contributed by atoms with E-state index in [1.807, 2.05) is 0 Å². The molecule has 1 rings (SSSR count). The van der Waals surface area contributed by atoms with Gasteiger partial charge in [0, 0.05) is 6.42 Å². The van der Waals surface area contributed by atoms with Crippen molar-refractivity contribution in [3.63, 3.8) is 0 Å². The number of aliphatic hydroxyl groups excluding tert-OH is 6. The summed E-state index contributed by atoms with van der Waals surface area (Å²) in [6, 6.07) is 0. The molecule has 0 radical (unpaired) electrons. The number of carbonyl (C=O) groups excluding carboxylic acids is 1. The zero-order valence-corrected chi connectivity index (χ0v) is 22.4. The van der Waals surface area contributed by atoms with Crippen molar-refractivity contribution in [1.82, 2.24) is 0 Å². The molecular formula is C24H45O12P. The summed E-state index contributed by atoms with van der Waals surface area (Å²) in [5, 5.41) is 58.4. The first-order valence-corrected chi connectivity index (χ1v) is 14.5. The number of allylic oxidation sites excluding steroid dienone is 2. The topological polar surface area (TPSA) is 203 Å². The van der Waals surface area contributed by atoms with Crippen molar-refractivity contribution < 1.29 is 58.7 Å². The molecule has 1 aliphatic carbocycles. The van der Waals surface area contributed by atoms with Crippen LogP contribution in [-0.4, -0.2) is 97.4 Å². The number of unbranched alkanes of at least 4 members (excludes halogenated alkanes) is 8. The average Bonchev–Trinajstić information content (AvgIpc) is 2.87.